The fraction of sp³-hybridized carbons (Fsp3) is 0.462. The molecule has 1 N–H and O–H groups in total. The van der Waals surface area contributed by atoms with Crippen LogP contribution in [-0.4, -0.2) is 17.7 Å². The number of benzene rings is 1. The van der Waals surface area contributed by atoms with Crippen molar-refractivity contribution in [2.75, 3.05) is 6.61 Å². The average Bonchev–Trinajstić information content (AvgIpc) is 2.16. The van der Waals surface area contributed by atoms with Crippen LogP contribution in [0.4, 0.5) is 0 Å². The molecule has 0 amide bonds. The third-order valence-corrected chi connectivity index (χ3v) is 2.46. The van der Waals surface area contributed by atoms with E-state index in [1.54, 1.807) is 19.1 Å². The fourth-order valence-electron chi connectivity index (χ4n) is 1.65. The summed E-state index contributed by atoms with van der Waals surface area (Å²) in [6, 6.07) is 5.58. The smallest absolute Gasteiger partial charge is 0.342 e. The first kappa shape index (κ1) is 12.7. The number of aliphatic hydroxyl groups is 1. The van der Waals surface area contributed by atoms with Gasteiger partial charge in [0.15, 0.2) is 5.60 Å². The minimum Gasteiger partial charge on any atom is -0.464 e. The zero-order valence-corrected chi connectivity index (χ0v) is 10.2. The minimum absolute atomic E-state index is 0.264. The van der Waals surface area contributed by atoms with Gasteiger partial charge in [-0.2, -0.15) is 0 Å². The van der Waals surface area contributed by atoms with E-state index in [4.69, 9.17) is 4.74 Å². The van der Waals surface area contributed by atoms with Gasteiger partial charge in [-0.3, -0.25) is 0 Å². The highest BCUT2D eigenvalue weighted by molar-refractivity contribution is 5.80. The summed E-state index contributed by atoms with van der Waals surface area (Å²) in [6.07, 6.45) is 0. The molecule has 0 heterocycles. The maximum atomic E-state index is 11.6. The van der Waals surface area contributed by atoms with Crippen LogP contribution in [0.3, 0.4) is 0 Å². The van der Waals surface area contributed by atoms with Gasteiger partial charge in [0.2, 0.25) is 0 Å². The Morgan fingerprint density at radius 3 is 2.25 bits per heavy atom. The van der Waals surface area contributed by atoms with Gasteiger partial charge < -0.3 is 9.84 Å². The van der Waals surface area contributed by atoms with Crippen molar-refractivity contribution in [3.05, 3.63) is 34.9 Å². The number of rotatable bonds is 3. The quantitative estimate of drug-likeness (QED) is 0.796. The summed E-state index contributed by atoms with van der Waals surface area (Å²) in [6.45, 7) is 7.30. The molecule has 1 atom stereocenters. The van der Waals surface area contributed by atoms with Crippen LogP contribution in [0.5, 0.6) is 0 Å². The van der Waals surface area contributed by atoms with Gasteiger partial charge in [-0.15, -0.1) is 0 Å². The van der Waals surface area contributed by atoms with Crippen LogP contribution in [0, 0.1) is 13.8 Å². The molecule has 1 unspecified atom stereocenters. The van der Waals surface area contributed by atoms with Crippen LogP contribution < -0.4 is 0 Å². The molecular formula is C13H18O3. The third-order valence-electron chi connectivity index (χ3n) is 2.46. The molecule has 0 saturated carbocycles. The number of ether oxygens (including phenoxy) is 1. The number of carbonyl (C=O) groups excluding carboxylic acids is 1. The van der Waals surface area contributed by atoms with E-state index in [1.165, 1.54) is 6.92 Å². The highest BCUT2D eigenvalue weighted by atomic mass is 16.5. The summed E-state index contributed by atoms with van der Waals surface area (Å²) in [5, 5.41) is 10.2. The Hall–Kier alpha value is -1.35. The summed E-state index contributed by atoms with van der Waals surface area (Å²) < 4.78 is 4.85. The Kier molecular flexibility index (Phi) is 3.70. The first-order valence-corrected chi connectivity index (χ1v) is 5.36. The van der Waals surface area contributed by atoms with E-state index in [2.05, 4.69) is 0 Å². The van der Waals surface area contributed by atoms with Crippen molar-refractivity contribution in [3.8, 4) is 0 Å². The second-order valence-corrected chi connectivity index (χ2v) is 4.17. The Labute approximate surface area is 96.1 Å². The molecule has 88 valence electrons. The zero-order chi connectivity index (χ0) is 12.3. The van der Waals surface area contributed by atoms with E-state index < -0.39 is 11.6 Å². The maximum Gasteiger partial charge on any atom is 0.342 e. The van der Waals surface area contributed by atoms with E-state index >= 15 is 0 Å². The Bertz CT molecular complexity index is 374. The van der Waals surface area contributed by atoms with E-state index in [-0.39, 0.29) is 6.61 Å². The Morgan fingerprint density at radius 2 is 1.81 bits per heavy atom. The summed E-state index contributed by atoms with van der Waals surface area (Å²) in [5.41, 5.74) is 1.02. The first-order chi connectivity index (χ1) is 7.37. The lowest BCUT2D eigenvalue weighted by Gasteiger charge is -2.22. The van der Waals surface area contributed by atoms with Gasteiger partial charge in [-0.05, 0) is 33.3 Å². The van der Waals surface area contributed by atoms with Gasteiger partial charge in [0, 0.05) is 0 Å². The summed E-state index contributed by atoms with van der Waals surface area (Å²) >= 11 is 0. The van der Waals surface area contributed by atoms with Crippen molar-refractivity contribution in [2.45, 2.75) is 33.3 Å². The van der Waals surface area contributed by atoms with Crippen LogP contribution in [-0.2, 0) is 15.1 Å². The van der Waals surface area contributed by atoms with Gasteiger partial charge in [0.25, 0.3) is 0 Å². The molecule has 0 spiro atoms. The number of hydrogen-bond acceptors (Lipinski definition) is 3. The van der Waals surface area contributed by atoms with Crippen LogP contribution in [0.2, 0.25) is 0 Å². The molecule has 1 aromatic carbocycles. The predicted octanol–water partition coefficient (Wildman–Crippen LogP) is 2.07. The molecule has 0 aliphatic carbocycles. The SMILES string of the molecule is CCOC(=O)C(C)(O)c1cc(C)cc(C)c1. The van der Waals surface area contributed by atoms with Crippen molar-refractivity contribution in [2.24, 2.45) is 0 Å². The third kappa shape index (κ3) is 2.61. The van der Waals surface area contributed by atoms with E-state index in [9.17, 15) is 9.90 Å². The highest BCUT2D eigenvalue weighted by Gasteiger charge is 2.34. The van der Waals surface area contributed by atoms with Gasteiger partial charge in [-0.1, -0.05) is 29.3 Å². The van der Waals surface area contributed by atoms with Gasteiger partial charge in [-0.25, -0.2) is 4.79 Å². The molecule has 0 saturated heterocycles. The molecule has 0 bridgehead atoms. The number of esters is 1. The lowest BCUT2D eigenvalue weighted by Crippen LogP contribution is -2.34. The summed E-state index contributed by atoms with van der Waals surface area (Å²) in [5.74, 6) is -0.611. The molecule has 0 fully saturated rings. The van der Waals surface area contributed by atoms with Crippen LogP contribution in [0.1, 0.15) is 30.5 Å². The Morgan fingerprint density at radius 1 is 1.31 bits per heavy atom. The average molecular weight is 222 g/mol. The van der Waals surface area contributed by atoms with Gasteiger partial charge in [0.05, 0.1) is 6.61 Å². The maximum absolute atomic E-state index is 11.6. The number of hydrogen-bond donors (Lipinski definition) is 1. The normalized spacial score (nSPS) is 14.3. The van der Waals surface area contributed by atoms with Crippen LogP contribution >= 0.6 is 0 Å². The second kappa shape index (κ2) is 4.66. The number of carbonyl (C=O) groups is 1. The monoisotopic (exact) mass is 222 g/mol. The molecule has 0 aliphatic rings. The molecule has 3 heteroatoms. The standard InChI is InChI=1S/C13H18O3/c1-5-16-12(14)13(4,15)11-7-9(2)6-10(3)8-11/h6-8,15H,5H2,1-4H3. The van der Waals surface area contributed by atoms with Crippen molar-refractivity contribution in [1.82, 2.24) is 0 Å². The predicted molar refractivity (Wildman–Crippen MR) is 62.1 cm³/mol. The summed E-state index contributed by atoms with van der Waals surface area (Å²) in [7, 11) is 0. The van der Waals surface area contributed by atoms with Crippen LogP contribution in [0.25, 0.3) is 0 Å². The number of aryl methyl sites for hydroxylation is 2. The second-order valence-electron chi connectivity index (χ2n) is 4.17. The van der Waals surface area contributed by atoms with Gasteiger partial charge in [0.1, 0.15) is 0 Å². The Balaban J connectivity index is 3.10. The lowest BCUT2D eigenvalue weighted by molar-refractivity contribution is -0.164. The van der Waals surface area contributed by atoms with Crippen LogP contribution in [0.15, 0.2) is 18.2 Å². The molecular weight excluding hydrogens is 204 g/mol. The van der Waals surface area contributed by atoms with E-state index in [0.717, 1.165) is 11.1 Å². The molecule has 0 aliphatic heterocycles. The molecule has 3 nitrogen and oxygen atoms in total. The first-order valence-electron chi connectivity index (χ1n) is 5.36. The minimum atomic E-state index is -1.58. The van der Waals surface area contributed by atoms with Gasteiger partial charge >= 0.3 is 5.97 Å². The van der Waals surface area contributed by atoms with Crippen molar-refractivity contribution >= 4 is 5.97 Å². The zero-order valence-electron chi connectivity index (χ0n) is 10.2. The topological polar surface area (TPSA) is 46.5 Å². The molecule has 1 aromatic rings. The highest BCUT2D eigenvalue weighted by Crippen LogP contribution is 2.24. The van der Waals surface area contributed by atoms with Crippen molar-refractivity contribution in [3.63, 3.8) is 0 Å². The fourth-order valence-corrected chi connectivity index (χ4v) is 1.65. The summed E-state index contributed by atoms with van der Waals surface area (Å²) in [4.78, 5) is 11.6. The van der Waals surface area contributed by atoms with E-state index in [1.807, 2.05) is 19.9 Å². The molecule has 0 aromatic heterocycles. The lowest BCUT2D eigenvalue weighted by atomic mass is 9.93. The van der Waals surface area contributed by atoms with E-state index in [0.29, 0.717) is 5.56 Å². The molecule has 1 rings (SSSR count). The molecule has 0 radical (unpaired) electrons. The molecule has 16 heavy (non-hydrogen) atoms. The van der Waals surface area contributed by atoms with Crippen molar-refractivity contribution < 1.29 is 14.6 Å². The largest absolute Gasteiger partial charge is 0.464 e. The van der Waals surface area contributed by atoms with Crippen molar-refractivity contribution in [1.29, 1.82) is 0 Å².